The molecule has 1 amide bonds. The third kappa shape index (κ3) is 4.12. The van der Waals surface area contributed by atoms with Crippen molar-refractivity contribution in [3.63, 3.8) is 0 Å². The first-order chi connectivity index (χ1) is 12.3. The minimum atomic E-state index is -3.85. The highest BCUT2D eigenvalue weighted by Gasteiger charge is 2.18. The van der Waals surface area contributed by atoms with Crippen LogP contribution in [0.2, 0.25) is 0 Å². The molecule has 1 aromatic heterocycles. The van der Waals surface area contributed by atoms with Crippen LogP contribution in [0, 0.1) is 6.92 Å². The molecule has 0 atom stereocenters. The topological polar surface area (TPSA) is 104 Å². The summed E-state index contributed by atoms with van der Waals surface area (Å²) in [6.07, 6.45) is 1.50. The number of benzene rings is 2. The molecule has 7 nitrogen and oxygen atoms in total. The Kier molecular flexibility index (Phi) is 5.10. The summed E-state index contributed by atoms with van der Waals surface area (Å²) in [6.45, 7) is 1.87. The van der Waals surface area contributed by atoms with Crippen LogP contribution in [-0.2, 0) is 10.0 Å². The van der Waals surface area contributed by atoms with E-state index in [9.17, 15) is 13.2 Å². The number of H-pyrrole nitrogens is 1. The average molecular weight is 435 g/mol. The summed E-state index contributed by atoms with van der Waals surface area (Å²) < 4.78 is 28.5. The predicted octanol–water partition coefficient (Wildman–Crippen LogP) is 3.53. The van der Waals surface area contributed by atoms with Crippen LogP contribution >= 0.6 is 15.9 Å². The Morgan fingerprint density at radius 2 is 1.96 bits per heavy atom. The maximum atomic E-state index is 12.7. The lowest BCUT2D eigenvalue weighted by molar-refractivity contribution is 0.102. The van der Waals surface area contributed by atoms with E-state index >= 15 is 0 Å². The van der Waals surface area contributed by atoms with Crippen molar-refractivity contribution in [2.75, 3.05) is 10.0 Å². The molecule has 2 aromatic carbocycles. The first kappa shape index (κ1) is 18.2. The van der Waals surface area contributed by atoms with E-state index in [0.717, 1.165) is 5.56 Å². The first-order valence-corrected chi connectivity index (χ1v) is 9.82. The van der Waals surface area contributed by atoms with E-state index in [0.29, 0.717) is 16.0 Å². The normalized spacial score (nSPS) is 11.2. The van der Waals surface area contributed by atoms with Crippen molar-refractivity contribution in [3.05, 3.63) is 70.3 Å². The van der Waals surface area contributed by atoms with Crippen molar-refractivity contribution in [2.24, 2.45) is 0 Å². The zero-order chi connectivity index (χ0) is 18.7. The number of sulfonamides is 1. The number of halogens is 1. The molecule has 3 N–H and O–H groups in total. The fourth-order valence-corrected chi connectivity index (χ4v) is 3.84. The molecular formula is C17H15BrN4O3S. The van der Waals surface area contributed by atoms with Gasteiger partial charge in [-0.25, -0.2) is 8.42 Å². The summed E-state index contributed by atoms with van der Waals surface area (Å²) >= 11 is 3.33. The summed E-state index contributed by atoms with van der Waals surface area (Å²) in [5.41, 5.74) is 1.56. The molecule has 0 spiro atoms. The summed E-state index contributed by atoms with van der Waals surface area (Å²) in [7, 11) is -3.85. The molecule has 3 rings (SSSR count). The SMILES string of the molecule is Cc1ccc(Br)c(NS(=O)(=O)c2cccc(C(=O)Nc3ccn[nH]3)c2)c1. The number of nitrogens with zero attached hydrogens (tertiary/aromatic N) is 1. The third-order valence-corrected chi connectivity index (χ3v) is 5.58. The van der Waals surface area contributed by atoms with Gasteiger partial charge in [-0.15, -0.1) is 0 Å². The van der Waals surface area contributed by atoms with Gasteiger partial charge in [-0.2, -0.15) is 5.10 Å². The molecule has 26 heavy (non-hydrogen) atoms. The number of anilines is 2. The Hall–Kier alpha value is -2.65. The van der Waals surface area contributed by atoms with Gasteiger partial charge in [0.2, 0.25) is 0 Å². The zero-order valence-electron chi connectivity index (χ0n) is 13.7. The van der Waals surface area contributed by atoms with Crippen molar-refractivity contribution < 1.29 is 13.2 Å². The van der Waals surface area contributed by atoms with E-state index < -0.39 is 15.9 Å². The maximum Gasteiger partial charge on any atom is 0.261 e. The average Bonchev–Trinajstić information content (AvgIpc) is 3.11. The molecule has 0 fully saturated rings. The largest absolute Gasteiger partial charge is 0.307 e. The van der Waals surface area contributed by atoms with E-state index in [-0.39, 0.29) is 10.5 Å². The highest BCUT2D eigenvalue weighted by molar-refractivity contribution is 9.10. The van der Waals surface area contributed by atoms with Gasteiger partial charge in [0.15, 0.2) is 0 Å². The van der Waals surface area contributed by atoms with Crippen LogP contribution in [0.4, 0.5) is 11.5 Å². The highest BCUT2D eigenvalue weighted by atomic mass is 79.9. The van der Waals surface area contributed by atoms with Gasteiger partial charge in [-0.1, -0.05) is 12.1 Å². The molecule has 0 saturated carbocycles. The summed E-state index contributed by atoms with van der Waals surface area (Å²) in [6, 6.07) is 12.7. The summed E-state index contributed by atoms with van der Waals surface area (Å²) in [5, 5.41) is 8.95. The van der Waals surface area contributed by atoms with Gasteiger partial charge in [-0.05, 0) is 58.7 Å². The number of rotatable bonds is 5. The van der Waals surface area contributed by atoms with Gasteiger partial charge in [0, 0.05) is 16.1 Å². The lowest BCUT2D eigenvalue weighted by Crippen LogP contribution is -2.16. The Morgan fingerprint density at radius 1 is 1.15 bits per heavy atom. The molecule has 0 radical (unpaired) electrons. The van der Waals surface area contributed by atoms with Gasteiger partial charge < -0.3 is 5.32 Å². The molecule has 0 aliphatic heterocycles. The van der Waals surface area contributed by atoms with E-state index in [1.54, 1.807) is 18.2 Å². The molecule has 0 aliphatic carbocycles. The van der Waals surface area contributed by atoms with E-state index in [1.807, 2.05) is 13.0 Å². The first-order valence-electron chi connectivity index (χ1n) is 7.55. The van der Waals surface area contributed by atoms with Crippen LogP contribution in [-0.4, -0.2) is 24.5 Å². The second kappa shape index (κ2) is 7.30. The molecule has 1 heterocycles. The number of carbonyl (C=O) groups is 1. The van der Waals surface area contributed by atoms with Gasteiger partial charge in [0.25, 0.3) is 15.9 Å². The molecule has 3 aromatic rings. The number of hydrogen-bond acceptors (Lipinski definition) is 4. The van der Waals surface area contributed by atoms with Crippen molar-refractivity contribution in [3.8, 4) is 0 Å². The fourth-order valence-electron chi connectivity index (χ4n) is 2.25. The molecule has 134 valence electrons. The molecule has 9 heteroatoms. The molecule has 0 aliphatic rings. The molecular weight excluding hydrogens is 420 g/mol. The minimum absolute atomic E-state index is 0.0110. The Morgan fingerprint density at radius 3 is 2.69 bits per heavy atom. The van der Waals surface area contributed by atoms with E-state index in [1.165, 1.54) is 30.5 Å². The minimum Gasteiger partial charge on any atom is -0.307 e. The third-order valence-electron chi connectivity index (χ3n) is 3.52. The number of nitrogens with one attached hydrogen (secondary N) is 3. The number of aromatic amines is 1. The number of aryl methyl sites for hydroxylation is 1. The van der Waals surface area contributed by atoms with Crippen molar-refractivity contribution >= 4 is 43.4 Å². The van der Waals surface area contributed by atoms with Crippen LogP contribution in [0.15, 0.2) is 64.1 Å². The number of aromatic nitrogens is 2. The van der Waals surface area contributed by atoms with Gasteiger partial charge in [-0.3, -0.25) is 14.6 Å². The van der Waals surface area contributed by atoms with Crippen LogP contribution in [0.5, 0.6) is 0 Å². The Balaban J connectivity index is 1.86. The molecule has 0 unspecified atom stereocenters. The molecule has 0 saturated heterocycles. The number of hydrogen-bond donors (Lipinski definition) is 3. The van der Waals surface area contributed by atoms with Crippen molar-refractivity contribution in [2.45, 2.75) is 11.8 Å². The molecule has 0 bridgehead atoms. The van der Waals surface area contributed by atoms with Crippen molar-refractivity contribution in [1.82, 2.24) is 10.2 Å². The lowest BCUT2D eigenvalue weighted by atomic mass is 10.2. The second-order valence-corrected chi connectivity index (χ2v) is 8.08. The maximum absolute atomic E-state index is 12.7. The van der Waals surface area contributed by atoms with Gasteiger partial charge in [0.1, 0.15) is 5.82 Å². The monoisotopic (exact) mass is 434 g/mol. The van der Waals surface area contributed by atoms with Crippen LogP contribution in [0.3, 0.4) is 0 Å². The number of amides is 1. The van der Waals surface area contributed by atoms with Crippen molar-refractivity contribution in [1.29, 1.82) is 0 Å². The zero-order valence-corrected chi connectivity index (χ0v) is 16.1. The van der Waals surface area contributed by atoms with E-state index in [4.69, 9.17) is 0 Å². The van der Waals surface area contributed by atoms with Crippen LogP contribution in [0.25, 0.3) is 0 Å². The fraction of sp³-hybridized carbons (Fsp3) is 0.0588. The highest BCUT2D eigenvalue weighted by Crippen LogP contribution is 2.26. The quantitative estimate of drug-likeness (QED) is 0.570. The number of carbonyl (C=O) groups excluding carboxylic acids is 1. The van der Waals surface area contributed by atoms with Crippen LogP contribution < -0.4 is 10.0 Å². The van der Waals surface area contributed by atoms with Gasteiger partial charge in [0.05, 0.1) is 16.8 Å². The Labute approximate surface area is 159 Å². The van der Waals surface area contributed by atoms with Gasteiger partial charge >= 0.3 is 0 Å². The predicted molar refractivity (Wildman–Crippen MR) is 103 cm³/mol. The van der Waals surface area contributed by atoms with E-state index in [2.05, 4.69) is 36.2 Å². The lowest BCUT2D eigenvalue weighted by Gasteiger charge is -2.11. The van der Waals surface area contributed by atoms with Crippen LogP contribution in [0.1, 0.15) is 15.9 Å². The second-order valence-electron chi connectivity index (χ2n) is 5.54. The summed E-state index contributed by atoms with van der Waals surface area (Å²) in [5.74, 6) is -0.0203. The Bertz CT molecular complexity index is 1050. The summed E-state index contributed by atoms with van der Waals surface area (Å²) in [4.78, 5) is 12.3. The standard InChI is InChI=1S/C17H15BrN4O3S/c1-11-5-6-14(18)15(9-11)22-26(24,25)13-4-2-3-12(10-13)17(23)20-16-7-8-19-21-16/h2-10,22H,1H3,(H2,19,20,21,23). The smallest absolute Gasteiger partial charge is 0.261 e.